The molecule has 1 aromatic heterocycles. The van der Waals surface area contributed by atoms with Crippen LogP contribution in [-0.2, 0) is 5.41 Å². The average Bonchev–Trinajstić information content (AvgIpc) is 2.93. The Morgan fingerprint density at radius 1 is 1.32 bits per heavy atom. The maximum atomic E-state index is 11.4. The van der Waals surface area contributed by atoms with Crippen LogP contribution in [0.5, 0.6) is 0 Å². The fourth-order valence-electron chi connectivity index (χ4n) is 3.19. The molecule has 2 aromatic rings. The molecular formula is C17H18Cl2N4O2. The van der Waals surface area contributed by atoms with Crippen LogP contribution in [0.15, 0.2) is 30.6 Å². The molecule has 1 saturated heterocycles. The van der Waals surface area contributed by atoms with E-state index in [2.05, 4.69) is 28.7 Å². The fourth-order valence-corrected chi connectivity index (χ4v) is 3.49. The summed E-state index contributed by atoms with van der Waals surface area (Å²) in [7, 11) is 0. The fraction of sp³-hybridized carbons (Fsp3) is 0.353. The van der Waals surface area contributed by atoms with Crippen LogP contribution >= 0.6 is 23.2 Å². The Kier molecular flexibility index (Phi) is 4.86. The van der Waals surface area contributed by atoms with Crippen molar-refractivity contribution in [1.29, 1.82) is 0 Å². The van der Waals surface area contributed by atoms with E-state index >= 15 is 0 Å². The van der Waals surface area contributed by atoms with Crippen molar-refractivity contribution in [3.63, 3.8) is 0 Å². The molecule has 2 atom stereocenters. The first kappa shape index (κ1) is 17.9. The maximum absolute atomic E-state index is 11.4. The van der Waals surface area contributed by atoms with Gasteiger partial charge < -0.3 is 4.90 Å². The lowest BCUT2D eigenvalue weighted by molar-refractivity contribution is 0.0705. The second-order valence-corrected chi connectivity index (χ2v) is 7.35. The highest BCUT2D eigenvalue weighted by Crippen LogP contribution is 2.41. The van der Waals surface area contributed by atoms with Gasteiger partial charge in [0.2, 0.25) is 5.95 Å². The zero-order chi connectivity index (χ0) is 18.2. The van der Waals surface area contributed by atoms with Crippen LogP contribution in [0.4, 0.5) is 5.95 Å². The van der Waals surface area contributed by atoms with Crippen molar-refractivity contribution in [3.05, 3.63) is 51.8 Å². The van der Waals surface area contributed by atoms with E-state index in [-0.39, 0.29) is 11.0 Å². The number of halogens is 2. The Hall–Kier alpha value is -1.89. The first-order valence-corrected chi connectivity index (χ1v) is 8.57. The third-order valence-corrected chi connectivity index (χ3v) is 5.70. The van der Waals surface area contributed by atoms with Crippen LogP contribution in [0, 0.1) is 5.92 Å². The predicted octanol–water partition coefficient (Wildman–Crippen LogP) is 3.32. The van der Waals surface area contributed by atoms with Gasteiger partial charge in [-0.05, 0) is 23.6 Å². The summed E-state index contributed by atoms with van der Waals surface area (Å²) in [6.45, 7) is 5.86. The summed E-state index contributed by atoms with van der Waals surface area (Å²) in [5.74, 6) is 0.251. The number of amides is 1. The van der Waals surface area contributed by atoms with E-state index in [1.54, 1.807) is 5.48 Å². The summed E-state index contributed by atoms with van der Waals surface area (Å²) in [6, 6.07) is 5.74. The lowest BCUT2D eigenvalue weighted by Crippen LogP contribution is -2.31. The van der Waals surface area contributed by atoms with Gasteiger partial charge in [0.05, 0.1) is 15.6 Å². The number of carbonyl (C=O) groups excluding carboxylic acids is 1. The molecule has 25 heavy (non-hydrogen) atoms. The number of hydrogen-bond donors (Lipinski definition) is 2. The normalized spacial score (nSPS) is 22.9. The van der Waals surface area contributed by atoms with Gasteiger partial charge in [0.1, 0.15) is 0 Å². The highest BCUT2D eigenvalue weighted by molar-refractivity contribution is 6.42. The molecule has 0 aliphatic carbocycles. The van der Waals surface area contributed by atoms with Crippen LogP contribution in [-0.4, -0.2) is 34.2 Å². The van der Waals surface area contributed by atoms with Crippen molar-refractivity contribution < 1.29 is 10.0 Å². The number of carbonyl (C=O) groups is 1. The number of rotatable bonds is 3. The van der Waals surface area contributed by atoms with E-state index < -0.39 is 5.91 Å². The molecule has 1 fully saturated rings. The summed E-state index contributed by atoms with van der Waals surface area (Å²) >= 11 is 12.2. The molecule has 132 valence electrons. The van der Waals surface area contributed by atoms with Gasteiger partial charge in [-0.25, -0.2) is 15.4 Å². The maximum Gasteiger partial charge on any atom is 0.277 e. The van der Waals surface area contributed by atoms with Crippen LogP contribution < -0.4 is 10.4 Å². The minimum absolute atomic E-state index is 0.126. The highest BCUT2D eigenvalue weighted by Gasteiger charge is 2.42. The predicted molar refractivity (Wildman–Crippen MR) is 96.5 cm³/mol. The van der Waals surface area contributed by atoms with E-state index in [9.17, 15) is 4.79 Å². The molecule has 1 amide bonds. The SMILES string of the molecule is C[C@@H]1CN(c2ncc(C(=O)NO)cn2)C[C@@]1(C)c1ccc(Cl)c(Cl)c1. The number of nitrogens with zero attached hydrogens (tertiary/aromatic N) is 3. The summed E-state index contributed by atoms with van der Waals surface area (Å²) < 4.78 is 0. The van der Waals surface area contributed by atoms with Crippen molar-refractivity contribution in [1.82, 2.24) is 15.4 Å². The molecule has 1 aromatic carbocycles. The van der Waals surface area contributed by atoms with Gasteiger partial charge in [-0.3, -0.25) is 10.0 Å². The molecule has 0 radical (unpaired) electrons. The van der Waals surface area contributed by atoms with E-state index in [0.29, 0.717) is 21.9 Å². The number of hydrogen-bond acceptors (Lipinski definition) is 5. The van der Waals surface area contributed by atoms with Crippen LogP contribution in [0.1, 0.15) is 29.8 Å². The zero-order valence-corrected chi connectivity index (χ0v) is 15.3. The van der Waals surface area contributed by atoms with Crippen molar-refractivity contribution >= 4 is 35.1 Å². The largest absolute Gasteiger partial charge is 0.340 e. The van der Waals surface area contributed by atoms with Crippen molar-refractivity contribution in [2.75, 3.05) is 18.0 Å². The van der Waals surface area contributed by atoms with Gasteiger partial charge in [0.15, 0.2) is 0 Å². The minimum atomic E-state index is -0.637. The van der Waals surface area contributed by atoms with Gasteiger partial charge >= 0.3 is 0 Å². The highest BCUT2D eigenvalue weighted by atomic mass is 35.5. The third kappa shape index (κ3) is 3.29. The van der Waals surface area contributed by atoms with Gasteiger partial charge in [-0.2, -0.15) is 0 Å². The Balaban J connectivity index is 1.85. The molecule has 2 heterocycles. The molecule has 0 spiro atoms. The quantitative estimate of drug-likeness (QED) is 0.630. The van der Waals surface area contributed by atoms with E-state index in [0.717, 1.165) is 18.7 Å². The monoisotopic (exact) mass is 380 g/mol. The summed E-state index contributed by atoms with van der Waals surface area (Å²) in [6.07, 6.45) is 2.79. The molecule has 3 rings (SSSR count). The topological polar surface area (TPSA) is 78.4 Å². The van der Waals surface area contributed by atoms with Crippen LogP contribution in [0.3, 0.4) is 0 Å². The molecular weight excluding hydrogens is 363 g/mol. The van der Waals surface area contributed by atoms with Crippen molar-refractivity contribution in [2.45, 2.75) is 19.3 Å². The van der Waals surface area contributed by atoms with Crippen LogP contribution in [0.25, 0.3) is 0 Å². The third-order valence-electron chi connectivity index (χ3n) is 4.97. The molecule has 0 bridgehead atoms. The van der Waals surface area contributed by atoms with E-state index in [4.69, 9.17) is 28.4 Å². The Labute approximate surface area is 155 Å². The molecule has 1 aliphatic rings. The average molecular weight is 381 g/mol. The number of hydroxylamine groups is 1. The Bertz CT molecular complexity index is 800. The minimum Gasteiger partial charge on any atom is -0.340 e. The van der Waals surface area contributed by atoms with E-state index in [1.165, 1.54) is 12.4 Å². The molecule has 8 heteroatoms. The second kappa shape index (κ2) is 6.78. The molecule has 6 nitrogen and oxygen atoms in total. The molecule has 0 saturated carbocycles. The standard InChI is InChI=1S/C17H18Cl2N4O2/c1-10-8-23(16-20-6-11(7-21-16)15(24)22-25)9-17(10,2)12-3-4-13(18)14(19)5-12/h3-7,10,25H,8-9H2,1-2H3,(H,22,24)/t10-,17-/m1/s1. The van der Waals surface area contributed by atoms with Gasteiger partial charge in [0, 0.05) is 30.9 Å². The van der Waals surface area contributed by atoms with Crippen LogP contribution in [0.2, 0.25) is 10.0 Å². The molecule has 2 N–H and O–H groups in total. The number of anilines is 1. The summed E-state index contributed by atoms with van der Waals surface area (Å²) in [5.41, 5.74) is 2.76. The zero-order valence-electron chi connectivity index (χ0n) is 13.8. The summed E-state index contributed by atoms with van der Waals surface area (Å²) in [5, 5.41) is 9.74. The number of benzene rings is 1. The van der Waals surface area contributed by atoms with Crippen molar-refractivity contribution in [2.24, 2.45) is 5.92 Å². The second-order valence-electron chi connectivity index (χ2n) is 6.54. The number of aromatic nitrogens is 2. The first-order chi connectivity index (χ1) is 11.8. The summed E-state index contributed by atoms with van der Waals surface area (Å²) in [4.78, 5) is 21.9. The first-order valence-electron chi connectivity index (χ1n) is 7.82. The van der Waals surface area contributed by atoms with Gasteiger partial charge in [0.25, 0.3) is 5.91 Å². The lowest BCUT2D eigenvalue weighted by atomic mass is 9.75. The lowest BCUT2D eigenvalue weighted by Gasteiger charge is -2.29. The van der Waals surface area contributed by atoms with Crippen molar-refractivity contribution in [3.8, 4) is 0 Å². The molecule has 1 aliphatic heterocycles. The Morgan fingerprint density at radius 3 is 2.60 bits per heavy atom. The molecule has 0 unspecified atom stereocenters. The Morgan fingerprint density at radius 2 is 2.00 bits per heavy atom. The smallest absolute Gasteiger partial charge is 0.277 e. The van der Waals surface area contributed by atoms with Gasteiger partial charge in [-0.1, -0.05) is 43.1 Å². The van der Waals surface area contributed by atoms with Gasteiger partial charge in [-0.15, -0.1) is 0 Å². The van der Waals surface area contributed by atoms with E-state index in [1.807, 2.05) is 18.2 Å². The number of nitrogens with one attached hydrogen (secondary N) is 1.